The molecule has 0 atom stereocenters. The van der Waals surface area contributed by atoms with Gasteiger partial charge in [-0.05, 0) is 73.2 Å². The monoisotopic (exact) mass is 488 g/mol. The molecule has 4 aromatic rings. The first-order valence-corrected chi connectivity index (χ1v) is 12.9. The van der Waals surface area contributed by atoms with Gasteiger partial charge in [0.2, 0.25) is 0 Å². The van der Waals surface area contributed by atoms with Gasteiger partial charge < -0.3 is 19.7 Å². The summed E-state index contributed by atoms with van der Waals surface area (Å²) >= 11 is 0. The zero-order chi connectivity index (χ0) is 26.2. The van der Waals surface area contributed by atoms with E-state index in [1.54, 1.807) is 36.4 Å². The summed E-state index contributed by atoms with van der Waals surface area (Å²) in [6, 6.07) is 26.8. The van der Waals surface area contributed by atoms with Crippen molar-refractivity contribution >= 4 is 10.8 Å². The van der Waals surface area contributed by atoms with Gasteiger partial charge in [-0.25, -0.2) is 0 Å². The minimum absolute atomic E-state index is 0.198. The van der Waals surface area contributed by atoms with Gasteiger partial charge >= 0.3 is 0 Å². The van der Waals surface area contributed by atoms with Crippen molar-refractivity contribution in [1.29, 1.82) is 0 Å². The van der Waals surface area contributed by atoms with Crippen LogP contribution in [0.4, 0.5) is 0 Å². The van der Waals surface area contributed by atoms with Crippen molar-refractivity contribution in [2.24, 2.45) is 0 Å². The molecular formula is C32H40O4. The average Bonchev–Trinajstić information content (AvgIpc) is 2.93. The highest BCUT2D eigenvalue weighted by molar-refractivity contribution is 5.92. The number of phenolic OH excluding ortho intramolecular Hbond substituents is 2. The Labute approximate surface area is 216 Å². The largest absolute Gasteiger partial charge is 0.507 e. The van der Waals surface area contributed by atoms with E-state index in [2.05, 4.69) is 38.1 Å². The Bertz CT molecular complexity index is 1040. The van der Waals surface area contributed by atoms with Crippen LogP contribution in [-0.4, -0.2) is 23.4 Å². The van der Waals surface area contributed by atoms with Crippen LogP contribution >= 0.6 is 0 Å². The van der Waals surface area contributed by atoms with Crippen LogP contribution in [0.2, 0.25) is 0 Å². The molecule has 36 heavy (non-hydrogen) atoms. The maximum absolute atomic E-state index is 9.38. The highest BCUT2D eigenvalue weighted by Gasteiger charge is 2.01. The van der Waals surface area contributed by atoms with Gasteiger partial charge in [-0.3, -0.25) is 0 Å². The third kappa shape index (κ3) is 9.18. The zero-order valence-corrected chi connectivity index (χ0v) is 22.0. The van der Waals surface area contributed by atoms with E-state index < -0.39 is 0 Å². The molecule has 0 aliphatic rings. The number of benzene rings is 4. The van der Waals surface area contributed by atoms with Crippen LogP contribution in [0.25, 0.3) is 10.8 Å². The number of rotatable bonds is 9. The van der Waals surface area contributed by atoms with Crippen molar-refractivity contribution in [2.45, 2.75) is 53.4 Å². The first-order valence-electron chi connectivity index (χ1n) is 12.9. The summed E-state index contributed by atoms with van der Waals surface area (Å²) in [6.45, 7) is 9.80. The Balaban J connectivity index is 0.000000273. The number of ether oxygens (including phenoxy) is 2. The van der Waals surface area contributed by atoms with Crippen LogP contribution in [0.5, 0.6) is 23.0 Å². The summed E-state index contributed by atoms with van der Waals surface area (Å²) in [4.78, 5) is 0. The fourth-order valence-electron chi connectivity index (χ4n) is 3.50. The van der Waals surface area contributed by atoms with Crippen LogP contribution in [0.3, 0.4) is 0 Å². The van der Waals surface area contributed by atoms with Gasteiger partial charge in [-0.2, -0.15) is 0 Å². The third-order valence-corrected chi connectivity index (χ3v) is 5.62. The number of phenols is 2. The van der Waals surface area contributed by atoms with Gasteiger partial charge in [0.05, 0.1) is 13.2 Å². The molecule has 0 radical (unpaired) electrons. The number of hydrogen-bond acceptors (Lipinski definition) is 4. The lowest BCUT2D eigenvalue weighted by Gasteiger charge is -2.08. The van der Waals surface area contributed by atoms with E-state index in [4.69, 9.17) is 9.47 Å². The van der Waals surface area contributed by atoms with Crippen molar-refractivity contribution < 1.29 is 19.7 Å². The van der Waals surface area contributed by atoms with E-state index in [1.807, 2.05) is 38.1 Å². The summed E-state index contributed by atoms with van der Waals surface area (Å²) in [7, 11) is 0. The minimum Gasteiger partial charge on any atom is -0.507 e. The van der Waals surface area contributed by atoms with E-state index in [-0.39, 0.29) is 11.5 Å². The SMILES string of the molecule is CC.CCc1ccc(OCCCCOc2ccc(CC)cc2)cc1.Oc1cccc2c(O)cccc12. The van der Waals surface area contributed by atoms with E-state index in [0.29, 0.717) is 10.8 Å². The van der Waals surface area contributed by atoms with Gasteiger partial charge in [0.25, 0.3) is 0 Å². The molecule has 0 saturated heterocycles. The smallest absolute Gasteiger partial charge is 0.123 e. The summed E-state index contributed by atoms with van der Waals surface area (Å²) in [5.41, 5.74) is 2.68. The van der Waals surface area contributed by atoms with Crippen molar-refractivity contribution in [3.05, 3.63) is 96.1 Å². The number of hydrogen-bond donors (Lipinski definition) is 2. The molecule has 0 fully saturated rings. The molecule has 0 heterocycles. The highest BCUT2D eigenvalue weighted by atomic mass is 16.5. The molecule has 4 rings (SSSR count). The standard InChI is InChI=1S/C20H26O2.C10H8O2.C2H6/c1-3-17-7-11-19(12-8-17)21-15-5-6-16-22-20-13-9-18(4-2)10-14-20;11-9-5-1-3-7-8(9)4-2-6-10(7)12;1-2/h7-14H,3-6,15-16H2,1-2H3;1-6,11-12H;1-2H3. The molecular weight excluding hydrogens is 448 g/mol. The second kappa shape index (κ2) is 16.1. The van der Waals surface area contributed by atoms with Gasteiger partial charge in [-0.15, -0.1) is 0 Å². The van der Waals surface area contributed by atoms with Crippen LogP contribution in [-0.2, 0) is 12.8 Å². The van der Waals surface area contributed by atoms with Crippen molar-refractivity contribution in [2.75, 3.05) is 13.2 Å². The first-order chi connectivity index (χ1) is 17.6. The Hall–Kier alpha value is -3.66. The molecule has 0 spiro atoms. The first kappa shape index (κ1) is 28.6. The fourth-order valence-corrected chi connectivity index (χ4v) is 3.50. The predicted molar refractivity (Wildman–Crippen MR) is 150 cm³/mol. The lowest BCUT2D eigenvalue weighted by molar-refractivity contribution is 0.266. The Morgan fingerprint density at radius 2 is 0.889 bits per heavy atom. The number of aromatic hydroxyl groups is 2. The van der Waals surface area contributed by atoms with Crippen LogP contribution < -0.4 is 9.47 Å². The Morgan fingerprint density at radius 1 is 0.528 bits per heavy atom. The zero-order valence-electron chi connectivity index (χ0n) is 22.0. The summed E-state index contributed by atoms with van der Waals surface area (Å²) in [6.07, 6.45) is 4.14. The van der Waals surface area contributed by atoms with Crippen LogP contribution in [0.15, 0.2) is 84.9 Å². The Kier molecular flexibility index (Phi) is 12.8. The van der Waals surface area contributed by atoms with E-state index >= 15 is 0 Å². The van der Waals surface area contributed by atoms with E-state index in [0.717, 1.165) is 50.4 Å². The van der Waals surface area contributed by atoms with Crippen molar-refractivity contribution in [3.8, 4) is 23.0 Å². The maximum Gasteiger partial charge on any atom is 0.123 e. The predicted octanol–water partition coefficient (Wildman–Crippen LogP) is 8.33. The lowest BCUT2D eigenvalue weighted by Crippen LogP contribution is -2.02. The van der Waals surface area contributed by atoms with Crippen molar-refractivity contribution in [1.82, 2.24) is 0 Å². The molecule has 0 aliphatic carbocycles. The molecule has 0 unspecified atom stereocenters. The van der Waals surface area contributed by atoms with Gasteiger partial charge in [-0.1, -0.05) is 76.2 Å². The topological polar surface area (TPSA) is 58.9 Å². The molecule has 0 bridgehead atoms. The summed E-state index contributed by atoms with van der Waals surface area (Å²) in [5, 5.41) is 20.1. The molecule has 0 saturated carbocycles. The van der Waals surface area contributed by atoms with Crippen LogP contribution in [0.1, 0.15) is 51.7 Å². The number of aryl methyl sites for hydroxylation is 2. The highest BCUT2D eigenvalue weighted by Crippen LogP contribution is 2.30. The maximum atomic E-state index is 9.38. The quantitative estimate of drug-likeness (QED) is 0.233. The van der Waals surface area contributed by atoms with Crippen LogP contribution in [0, 0.1) is 0 Å². The molecule has 4 aromatic carbocycles. The second-order valence-electron chi connectivity index (χ2n) is 8.05. The minimum atomic E-state index is 0.198. The fraction of sp³-hybridized carbons (Fsp3) is 0.312. The summed E-state index contributed by atoms with van der Waals surface area (Å²) < 4.78 is 11.5. The van der Waals surface area contributed by atoms with Gasteiger partial charge in [0, 0.05) is 10.8 Å². The van der Waals surface area contributed by atoms with E-state index in [1.165, 1.54) is 11.1 Å². The third-order valence-electron chi connectivity index (χ3n) is 5.62. The molecule has 2 N–H and O–H groups in total. The summed E-state index contributed by atoms with van der Waals surface area (Å²) in [5.74, 6) is 2.30. The molecule has 4 heteroatoms. The average molecular weight is 489 g/mol. The number of unbranched alkanes of at least 4 members (excludes halogenated alkanes) is 1. The normalized spacial score (nSPS) is 10.0. The molecule has 0 aliphatic heterocycles. The lowest BCUT2D eigenvalue weighted by atomic mass is 10.1. The molecule has 0 aromatic heterocycles. The second-order valence-corrected chi connectivity index (χ2v) is 8.05. The van der Waals surface area contributed by atoms with Crippen molar-refractivity contribution in [3.63, 3.8) is 0 Å². The van der Waals surface area contributed by atoms with E-state index in [9.17, 15) is 10.2 Å². The van der Waals surface area contributed by atoms with Gasteiger partial charge in [0.15, 0.2) is 0 Å². The number of fused-ring (bicyclic) bond motifs is 1. The van der Waals surface area contributed by atoms with Gasteiger partial charge in [0.1, 0.15) is 23.0 Å². The molecule has 0 amide bonds. The molecule has 4 nitrogen and oxygen atoms in total. The molecule has 192 valence electrons. The Morgan fingerprint density at radius 3 is 1.22 bits per heavy atom.